The largest absolute Gasteiger partial charge is 0.466 e. The van der Waals surface area contributed by atoms with Gasteiger partial charge in [-0.15, -0.1) is 11.3 Å². The second-order valence-electron chi connectivity index (χ2n) is 10.0. The van der Waals surface area contributed by atoms with Crippen LogP contribution in [0.4, 0.5) is 11.4 Å². The first-order chi connectivity index (χ1) is 18.1. The van der Waals surface area contributed by atoms with E-state index >= 15 is 0 Å². The molecule has 1 aliphatic heterocycles. The number of amides is 1. The number of rotatable bonds is 6. The highest BCUT2D eigenvalue weighted by Crippen LogP contribution is 2.30. The van der Waals surface area contributed by atoms with Crippen molar-refractivity contribution in [2.75, 3.05) is 10.6 Å². The number of hydrogen-bond donors (Lipinski definition) is 2. The fourth-order valence-electron chi connectivity index (χ4n) is 3.95. The molecule has 3 aromatic rings. The quantitative estimate of drug-likeness (QED) is 0.502. The van der Waals surface area contributed by atoms with Gasteiger partial charge in [0.1, 0.15) is 26.9 Å². The van der Waals surface area contributed by atoms with Crippen molar-refractivity contribution >= 4 is 46.3 Å². The van der Waals surface area contributed by atoms with Crippen molar-refractivity contribution < 1.29 is 9.53 Å². The minimum atomic E-state index is -0.519. The summed E-state index contributed by atoms with van der Waals surface area (Å²) in [5, 5.41) is 16.1. The van der Waals surface area contributed by atoms with Gasteiger partial charge in [0.05, 0.1) is 6.04 Å². The topological polar surface area (TPSA) is 109 Å². The third kappa shape index (κ3) is 5.71. The van der Waals surface area contributed by atoms with Crippen LogP contribution in [0, 0.1) is 16.7 Å². The van der Waals surface area contributed by atoms with Crippen molar-refractivity contribution in [3.05, 3.63) is 79.7 Å². The minimum Gasteiger partial charge on any atom is -0.466 e. The van der Waals surface area contributed by atoms with Gasteiger partial charge in [-0.25, -0.2) is 4.99 Å². The molecule has 2 N–H and O–H groups in total. The Kier molecular flexibility index (Phi) is 7.83. The summed E-state index contributed by atoms with van der Waals surface area (Å²) in [6.07, 6.45) is 1.32. The average molecular weight is 530 g/mol. The van der Waals surface area contributed by atoms with E-state index in [0.29, 0.717) is 27.1 Å². The van der Waals surface area contributed by atoms with Crippen molar-refractivity contribution in [1.82, 2.24) is 4.57 Å². The number of ether oxygens (including phenoxy) is 1. The summed E-state index contributed by atoms with van der Waals surface area (Å²) in [6.45, 7) is 9.75. The molecule has 8 nitrogen and oxygen atoms in total. The van der Waals surface area contributed by atoms with Gasteiger partial charge in [-0.05, 0) is 37.6 Å². The van der Waals surface area contributed by atoms with Crippen LogP contribution in [0.25, 0.3) is 11.8 Å². The molecule has 0 unspecified atom stereocenters. The molecule has 2 atom stereocenters. The average Bonchev–Trinajstić information content (AvgIpc) is 3.42. The Balaban J connectivity index is 1.66. The molecule has 2 aromatic carbocycles. The third-order valence-electron chi connectivity index (χ3n) is 6.06. The molecule has 2 heterocycles. The van der Waals surface area contributed by atoms with Crippen LogP contribution in [0.3, 0.4) is 0 Å². The first-order valence-corrected chi connectivity index (χ1v) is 13.3. The molecule has 1 amide bonds. The predicted octanol–water partition coefficient (Wildman–Crippen LogP) is 4.00. The zero-order chi connectivity index (χ0) is 27.4. The summed E-state index contributed by atoms with van der Waals surface area (Å²) in [5.74, 6) is 0.159. The third-order valence-corrected chi connectivity index (χ3v) is 7.19. The Labute approximate surface area is 225 Å². The fourth-order valence-corrected chi connectivity index (χ4v) is 5.03. The summed E-state index contributed by atoms with van der Waals surface area (Å²) >= 11 is 1.21. The molecule has 0 fully saturated rings. The number of benzene rings is 2. The molecule has 4 rings (SSSR count). The zero-order valence-electron chi connectivity index (χ0n) is 22.1. The highest BCUT2D eigenvalue weighted by molar-refractivity contribution is 7.07. The Morgan fingerprint density at radius 1 is 1.18 bits per heavy atom. The lowest BCUT2D eigenvalue weighted by Crippen LogP contribution is -2.32. The molecular formula is C29H31N5O3S. The van der Waals surface area contributed by atoms with Gasteiger partial charge in [-0.1, -0.05) is 57.2 Å². The highest BCUT2D eigenvalue weighted by atomic mass is 32.1. The molecule has 1 aromatic heterocycles. The summed E-state index contributed by atoms with van der Waals surface area (Å²) in [7, 11) is 0. The van der Waals surface area contributed by atoms with E-state index in [1.807, 2.05) is 83.1 Å². The van der Waals surface area contributed by atoms with Crippen LogP contribution < -0.4 is 25.4 Å². The van der Waals surface area contributed by atoms with Crippen molar-refractivity contribution in [1.29, 1.82) is 5.26 Å². The lowest BCUT2D eigenvalue weighted by molar-refractivity contribution is -0.123. The normalized spacial score (nSPS) is 18.3. The van der Waals surface area contributed by atoms with Gasteiger partial charge in [0.2, 0.25) is 11.8 Å². The van der Waals surface area contributed by atoms with E-state index in [0.717, 1.165) is 5.56 Å². The van der Waals surface area contributed by atoms with Gasteiger partial charge >= 0.3 is 0 Å². The fraction of sp³-hybridized carbons (Fsp3) is 0.310. The number of hydrogen-bond acceptors (Lipinski definition) is 7. The molecule has 0 radical (unpaired) electrons. The van der Waals surface area contributed by atoms with Gasteiger partial charge in [-0.3, -0.25) is 14.2 Å². The molecule has 0 bridgehead atoms. The minimum absolute atomic E-state index is 0.0900. The zero-order valence-corrected chi connectivity index (χ0v) is 22.9. The van der Waals surface area contributed by atoms with Gasteiger partial charge in [-0.2, -0.15) is 5.26 Å². The number of nitrogens with one attached hydrogen (secondary N) is 2. The van der Waals surface area contributed by atoms with Gasteiger partial charge in [0.15, 0.2) is 0 Å². The monoisotopic (exact) mass is 529 g/mol. The lowest BCUT2D eigenvalue weighted by Gasteiger charge is -2.18. The Morgan fingerprint density at radius 3 is 2.55 bits per heavy atom. The smallest absolute Gasteiger partial charge is 0.270 e. The molecule has 0 saturated heterocycles. The lowest BCUT2D eigenvalue weighted by atomic mass is 9.95. The molecule has 0 saturated carbocycles. The summed E-state index contributed by atoms with van der Waals surface area (Å²) in [4.78, 5) is 30.1. The molecule has 196 valence electrons. The molecule has 0 aliphatic carbocycles. The second-order valence-corrected chi connectivity index (χ2v) is 11.0. The van der Waals surface area contributed by atoms with E-state index in [4.69, 9.17) is 4.74 Å². The maximum atomic E-state index is 13.2. The van der Waals surface area contributed by atoms with Crippen LogP contribution in [0.5, 0.6) is 0 Å². The maximum Gasteiger partial charge on any atom is 0.270 e. The number of aliphatic imine (C=N–C) groups is 1. The van der Waals surface area contributed by atoms with Crippen molar-refractivity contribution in [3.8, 4) is 6.07 Å². The Morgan fingerprint density at radius 2 is 1.89 bits per heavy atom. The number of carbonyl (C=O) groups is 1. The number of nitrogens with zero attached hydrogens (tertiary/aromatic N) is 3. The first-order valence-electron chi connectivity index (χ1n) is 12.4. The molecule has 9 heteroatoms. The van der Waals surface area contributed by atoms with Crippen LogP contribution in [0.1, 0.15) is 46.3 Å². The van der Waals surface area contributed by atoms with Gasteiger partial charge in [0.25, 0.3) is 5.56 Å². The molecule has 38 heavy (non-hydrogen) atoms. The molecular weight excluding hydrogens is 498 g/mol. The van der Waals surface area contributed by atoms with E-state index in [1.165, 1.54) is 11.3 Å². The number of anilines is 2. The number of aromatic nitrogens is 1. The van der Waals surface area contributed by atoms with E-state index in [1.54, 1.807) is 16.8 Å². The number of thiazole rings is 1. The maximum absolute atomic E-state index is 13.2. The van der Waals surface area contributed by atoms with Gasteiger partial charge < -0.3 is 15.4 Å². The highest BCUT2D eigenvalue weighted by Gasteiger charge is 2.31. The van der Waals surface area contributed by atoms with Crippen LogP contribution in [-0.2, 0) is 16.1 Å². The Hall–Kier alpha value is -4.16. The van der Waals surface area contributed by atoms with E-state index in [9.17, 15) is 14.9 Å². The molecule has 0 spiro atoms. The second kappa shape index (κ2) is 11.1. The molecule has 1 aliphatic rings. The van der Waals surface area contributed by atoms with Crippen LogP contribution >= 0.6 is 11.3 Å². The summed E-state index contributed by atoms with van der Waals surface area (Å²) < 4.78 is 8.63. The van der Waals surface area contributed by atoms with E-state index < -0.39 is 5.41 Å². The number of carbonyl (C=O) groups excluding carboxylic acids is 1. The first kappa shape index (κ1) is 26.9. The number of nitriles is 1. The van der Waals surface area contributed by atoms with E-state index in [-0.39, 0.29) is 35.1 Å². The van der Waals surface area contributed by atoms with Crippen molar-refractivity contribution in [3.63, 3.8) is 0 Å². The van der Waals surface area contributed by atoms with Crippen LogP contribution in [-0.4, -0.2) is 22.4 Å². The van der Waals surface area contributed by atoms with E-state index in [2.05, 4.69) is 21.7 Å². The van der Waals surface area contributed by atoms with Crippen LogP contribution in [0.2, 0.25) is 0 Å². The summed E-state index contributed by atoms with van der Waals surface area (Å²) in [6, 6.07) is 19.1. The standard InChI is InChI=1S/C29H31N5O3S/c1-6-34-26(35)23(17-31-20-13-10-14-21(15-20)33-28(36)29(3,4)5)38-27(34)22(16-30)25-32-18(2)24(37-25)19-11-8-7-9-12-19/h7-15,17-18,24,31H,6H2,1-5H3,(H,33,36)/b23-17+,27-22-/t18-,24+/m1/s1. The van der Waals surface area contributed by atoms with Crippen molar-refractivity contribution in [2.45, 2.75) is 53.3 Å². The SMILES string of the molecule is CCn1c(=O)/c(=C\Nc2cccc(NC(=O)C(C)(C)C)c2)s/c1=C(/C#N)C1=N[C@H](C)[C@@H](c2ccccc2)O1. The Bertz CT molecular complexity index is 1590. The van der Waals surface area contributed by atoms with Crippen LogP contribution in [0.15, 0.2) is 64.4 Å². The van der Waals surface area contributed by atoms with Crippen molar-refractivity contribution in [2.24, 2.45) is 10.4 Å². The predicted molar refractivity (Wildman–Crippen MR) is 152 cm³/mol. The summed E-state index contributed by atoms with van der Waals surface area (Å²) in [5.41, 5.74) is 1.85. The van der Waals surface area contributed by atoms with Gasteiger partial charge in [0, 0.05) is 29.5 Å².